The first kappa shape index (κ1) is 14.5. The highest BCUT2D eigenvalue weighted by atomic mass is 16.5. The van der Waals surface area contributed by atoms with Crippen LogP contribution in [-0.4, -0.2) is 25.2 Å². The van der Waals surface area contributed by atoms with Gasteiger partial charge in [0.05, 0.1) is 25.0 Å². The Morgan fingerprint density at radius 1 is 0.818 bits per heavy atom. The first-order valence-corrected chi connectivity index (χ1v) is 9.00. The molecule has 0 N–H and O–H groups in total. The third-order valence-corrected chi connectivity index (χ3v) is 7.01. The predicted molar refractivity (Wildman–Crippen MR) is 79.7 cm³/mol. The molecular weight excluding hydrogens is 280 g/mol. The summed E-state index contributed by atoms with van der Waals surface area (Å²) in [7, 11) is 0. The van der Waals surface area contributed by atoms with Crippen LogP contribution in [0.2, 0.25) is 0 Å². The Morgan fingerprint density at radius 3 is 1.68 bits per heavy atom. The van der Waals surface area contributed by atoms with E-state index >= 15 is 0 Å². The van der Waals surface area contributed by atoms with Gasteiger partial charge in [-0.2, -0.15) is 0 Å². The highest BCUT2D eigenvalue weighted by Crippen LogP contribution is 2.70. The fourth-order valence-corrected chi connectivity index (χ4v) is 6.70. The molecule has 4 heteroatoms. The Bertz CT molecular complexity index is 445. The SMILES string of the molecule is CCOC(=O)C1C(C(=O)OCC)[C@@H]2C[C@H]1C1C2[C@H]2CC[C@@H]1C2. The van der Waals surface area contributed by atoms with Crippen LogP contribution in [-0.2, 0) is 19.1 Å². The molecule has 22 heavy (non-hydrogen) atoms. The minimum absolute atomic E-state index is 0.158. The van der Waals surface area contributed by atoms with Gasteiger partial charge in [-0.1, -0.05) is 0 Å². The number of carbonyl (C=O) groups is 2. The lowest BCUT2D eigenvalue weighted by molar-refractivity contribution is -0.166. The van der Waals surface area contributed by atoms with Crippen molar-refractivity contribution in [1.29, 1.82) is 0 Å². The van der Waals surface area contributed by atoms with E-state index in [1.54, 1.807) is 0 Å². The van der Waals surface area contributed by atoms with E-state index in [9.17, 15) is 9.59 Å². The average molecular weight is 306 g/mol. The minimum Gasteiger partial charge on any atom is -0.466 e. The predicted octanol–water partition coefficient (Wildman–Crippen LogP) is 2.66. The molecule has 4 saturated carbocycles. The van der Waals surface area contributed by atoms with Crippen molar-refractivity contribution in [2.45, 2.75) is 39.5 Å². The molecule has 122 valence electrons. The third kappa shape index (κ3) is 1.82. The molecule has 8 atom stereocenters. The zero-order valence-corrected chi connectivity index (χ0v) is 13.5. The molecule has 0 spiro atoms. The smallest absolute Gasteiger partial charge is 0.310 e. The zero-order valence-electron chi connectivity index (χ0n) is 13.5. The monoisotopic (exact) mass is 306 g/mol. The van der Waals surface area contributed by atoms with Crippen LogP contribution in [0.4, 0.5) is 0 Å². The van der Waals surface area contributed by atoms with Crippen molar-refractivity contribution in [3.05, 3.63) is 0 Å². The van der Waals surface area contributed by atoms with E-state index in [0.29, 0.717) is 36.9 Å². The van der Waals surface area contributed by atoms with Gasteiger partial charge in [0.25, 0.3) is 0 Å². The summed E-state index contributed by atoms with van der Waals surface area (Å²) in [6.07, 6.45) is 5.02. The van der Waals surface area contributed by atoms with Gasteiger partial charge in [-0.25, -0.2) is 0 Å². The number of hydrogen-bond donors (Lipinski definition) is 0. The molecular formula is C18H26O4. The second-order valence-corrected chi connectivity index (χ2v) is 7.61. The van der Waals surface area contributed by atoms with E-state index in [1.807, 2.05) is 13.8 Å². The maximum atomic E-state index is 12.5. The highest BCUT2D eigenvalue weighted by Gasteiger charge is 2.69. The zero-order chi connectivity index (χ0) is 15.4. The van der Waals surface area contributed by atoms with Crippen LogP contribution >= 0.6 is 0 Å². The summed E-state index contributed by atoms with van der Waals surface area (Å²) in [5.41, 5.74) is 0. The lowest BCUT2D eigenvalue weighted by Crippen LogP contribution is -2.45. The highest BCUT2D eigenvalue weighted by molar-refractivity contribution is 5.84. The first-order valence-electron chi connectivity index (χ1n) is 9.00. The van der Waals surface area contributed by atoms with Gasteiger partial charge >= 0.3 is 11.9 Å². The van der Waals surface area contributed by atoms with Crippen molar-refractivity contribution in [3.63, 3.8) is 0 Å². The number of fused-ring (bicyclic) bond motifs is 9. The summed E-state index contributed by atoms with van der Waals surface area (Å²) in [5.74, 6) is 2.85. The molecule has 4 rings (SSSR count). The van der Waals surface area contributed by atoms with Crippen LogP contribution in [0.5, 0.6) is 0 Å². The van der Waals surface area contributed by atoms with Crippen LogP contribution in [0.1, 0.15) is 39.5 Å². The normalized spacial score (nSPS) is 47.5. The van der Waals surface area contributed by atoms with Crippen LogP contribution < -0.4 is 0 Å². The Balaban J connectivity index is 1.64. The number of esters is 2. The molecule has 4 aliphatic rings. The quantitative estimate of drug-likeness (QED) is 0.592. The summed E-state index contributed by atoms with van der Waals surface area (Å²) >= 11 is 0. The van der Waals surface area contributed by atoms with Crippen LogP contribution in [0.3, 0.4) is 0 Å². The van der Waals surface area contributed by atoms with Crippen molar-refractivity contribution >= 4 is 11.9 Å². The van der Waals surface area contributed by atoms with Gasteiger partial charge in [-0.05, 0) is 75.0 Å². The van der Waals surface area contributed by atoms with Gasteiger partial charge < -0.3 is 9.47 Å². The number of hydrogen-bond acceptors (Lipinski definition) is 4. The first-order chi connectivity index (χ1) is 10.7. The second-order valence-electron chi connectivity index (χ2n) is 7.61. The second kappa shape index (κ2) is 5.24. The van der Waals surface area contributed by atoms with Gasteiger partial charge in [0.1, 0.15) is 0 Å². The Morgan fingerprint density at radius 2 is 1.27 bits per heavy atom. The molecule has 0 aromatic heterocycles. The van der Waals surface area contributed by atoms with Gasteiger partial charge in [0.2, 0.25) is 0 Å². The van der Waals surface area contributed by atoms with Crippen molar-refractivity contribution in [2.75, 3.05) is 13.2 Å². The van der Waals surface area contributed by atoms with Crippen molar-refractivity contribution in [3.8, 4) is 0 Å². The average Bonchev–Trinajstić information content (AvgIpc) is 3.24. The van der Waals surface area contributed by atoms with Crippen LogP contribution in [0.15, 0.2) is 0 Å². The molecule has 0 aromatic carbocycles. The largest absolute Gasteiger partial charge is 0.466 e. The lowest BCUT2D eigenvalue weighted by atomic mass is 9.63. The summed E-state index contributed by atoms with van der Waals surface area (Å²) < 4.78 is 10.6. The van der Waals surface area contributed by atoms with Gasteiger partial charge in [0, 0.05) is 0 Å². The summed E-state index contributed by atoms with van der Waals surface area (Å²) in [5, 5.41) is 0. The van der Waals surface area contributed by atoms with E-state index in [4.69, 9.17) is 9.47 Å². The fraction of sp³-hybridized carbons (Fsp3) is 0.889. The summed E-state index contributed by atoms with van der Waals surface area (Å²) in [4.78, 5) is 25.0. The molecule has 0 aromatic rings. The third-order valence-electron chi connectivity index (χ3n) is 7.01. The van der Waals surface area contributed by atoms with E-state index in [-0.39, 0.29) is 23.8 Å². The molecule has 4 bridgehead atoms. The standard InChI is InChI=1S/C18H26O4/c1-3-21-17(19)15-11-8-12(16(15)18(20)22-4-2)14-10-6-5-9(7-10)13(11)14/h9-16H,3-8H2,1-2H3/t9-,10+,11+,12-,13?,14?,15?,16?. The molecule has 0 heterocycles. The molecule has 4 nitrogen and oxygen atoms in total. The molecule has 4 aliphatic carbocycles. The Hall–Kier alpha value is -1.06. The Labute approximate surface area is 131 Å². The van der Waals surface area contributed by atoms with Gasteiger partial charge in [-0.3, -0.25) is 9.59 Å². The topological polar surface area (TPSA) is 52.6 Å². The molecule has 4 unspecified atom stereocenters. The Kier molecular flexibility index (Phi) is 3.46. The van der Waals surface area contributed by atoms with Crippen molar-refractivity contribution in [2.24, 2.45) is 47.3 Å². The van der Waals surface area contributed by atoms with E-state index in [2.05, 4.69) is 0 Å². The fourth-order valence-electron chi connectivity index (χ4n) is 6.70. The maximum Gasteiger partial charge on any atom is 0.310 e. The lowest BCUT2D eigenvalue weighted by Gasteiger charge is -2.41. The number of carbonyl (C=O) groups excluding carboxylic acids is 2. The maximum absolute atomic E-state index is 12.5. The van der Waals surface area contributed by atoms with Crippen LogP contribution in [0.25, 0.3) is 0 Å². The van der Waals surface area contributed by atoms with E-state index < -0.39 is 0 Å². The molecule has 0 saturated heterocycles. The molecule has 0 radical (unpaired) electrons. The molecule has 4 fully saturated rings. The number of rotatable bonds is 4. The number of ether oxygens (including phenoxy) is 2. The summed E-state index contributed by atoms with van der Waals surface area (Å²) in [6.45, 7) is 4.46. The van der Waals surface area contributed by atoms with Crippen LogP contribution in [0, 0.1) is 47.3 Å². The van der Waals surface area contributed by atoms with E-state index in [1.165, 1.54) is 19.3 Å². The summed E-state index contributed by atoms with van der Waals surface area (Å²) in [6, 6.07) is 0. The minimum atomic E-state index is -0.246. The van der Waals surface area contributed by atoms with Gasteiger partial charge in [-0.15, -0.1) is 0 Å². The van der Waals surface area contributed by atoms with Gasteiger partial charge in [0.15, 0.2) is 0 Å². The molecule has 0 aliphatic heterocycles. The van der Waals surface area contributed by atoms with Crippen molar-refractivity contribution in [1.82, 2.24) is 0 Å². The molecule has 0 amide bonds. The van der Waals surface area contributed by atoms with Crippen molar-refractivity contribution < 1.29 is 19.1 Å². The van der Waals surface area contributed by atoms with E-state index in [0.717, 1.165) is 18.3 Å².